The molecule has 118 valence electrons. The summed E-state index contributed by atoms with van der Waals surface area (Å²) in [6, 6.07) is 17.8. The number of aryl methyl sites for hydroxylation is 2. The standard InChI is InChI=1S/C20H23N3/c1-20(2,3)23-19-17-11-7-5-9-15(17)13-12-14-8-4-6-10-16(14)18(19)21-22-23/h4-11,18-19H,12-13H2,1-3H3. The molecule has 0 saturated heterocycles. The lowest BCUT2D eigenvalue weighted by Crippen LogP contribution is -2.39. The van der Waals surface area contributed by atoms with Crippen molar-refractivity contribution in [1.29, 1.82) is 0 Å². The predicted octanol–water partition coefficient (Wildman–Crippen LogP) is 5.05. The summed E-state index contributed by atoms with van der Waals surface area (Å²) in [5, 5.41) is 11.5. The van der Waals surface area contributed by atoms with Crippen LogP contribution in [0.4, 0.5) is 0 Å². The Labute approximate surface area is 138 Å². The number of fused-ring (bicyclic) bond motifs is 5. The summed E-state index contributed by atoms with van der Waals surface area (Å²) in [6.07, 6.45) is 2.15. The maximum Gasteiger partial charge on any atom is 0.124 e. The van der Waals surface area contributed by atoms with Gasteiger partial charge < -0.3 is 0 Å². The minimum absolute atomic E-state index is 0.0514. The highest BCUT2D eigenvalue weighted by Gasteiger charge is 2.42. The molecule has 2 atom stereocenters. The SMILES string of the molecule is CC(C)(C)N1N=NC2c3ccccc3CCc3ccccc3C21. The topological polar surface area (TPSA) is 28.0 Å². The highest BCUT2D eigenvalue weighted by molar-refractivity contribution is 5.41. The molecule has 1 aliphatic heterocycles. The van der Waals surface area contributed by atoms with E-state index in [1.165, 1.54) is 22.3 Å². The second-order valence-corrected chi connectivity index (χ2v) is 7.51. The van der Waals surface area contributed by atoms with E-state index < -0.39 is 0 Å². The quantitative estimate of drug-likeness (QED) is 0.669. The van der Waals surface area contributed by atoms with Crippen LogP contribution in [0, 0.1) is 0 Å². The predicted molar refractivity (Wildman–Crippen MR) is 92.2 cm³/mol. The van der Waals surface area contributed by atoms with Gasteiger partial charge in [-0.3, -0.25) is 5.01 Å². The van der Waals surface area contributed by atoms with Crippen molar-refractivity contribution in [2.24, 2.45) is 10.3 Å². The van der Waals surface area contributed by atoms with Gasteiger partial charge in [-0.2, -0.15) is 5.11 Å². The minimum atomic E-state index is -0.0514. The molecular formula is C20H23N3. The summed E-state index contributed by atoms with van der Waals surface area (Å²) in [5.74, 6) is 0. The van der Waals surface area contributed by atoms with Gasteiger partial charge in [-0.15, -0.1) is 0 Å². The normalized spacial score (nSPS) is 22.8. The van der Waals surface area contributed by atoms with E-state index in [4.69, 9.17) is 5.11 Å². The first-order valence-electron chi connectivity index (χ1n) is 8.41. The van der Waals surface area contributed by atoms with E-state index in [0.717, 1.165) is 12.8 Å². The van der Waals surface area contributed by atoms with Crippen LogP contribution in [-0.4, -0.2) is 10.5 Å². The number of nitrogens with zero attached hydrogens (tertiary/aromatic N) is 3. The van der Waals surface area contributed by atoms with E-state index in [0.29, 0.717) is 0 Å². The van der Waals surface area contributed by atoms with Crippen molar-refractivity contribution < 1.29 is 0 Å². The molecule has 2 aliphatic rings. The van der Waals surface area contributed by atoms with E-state index >= 15 is 0 Å². The average Bonchev–Trinajstić information content (AvgIpc) is 2.96. The lowest BCUT2D eigenvalue weighted by atomic mass is 9.82. The van der Waals surface area contributed by atoms with Gasteiger partial charge >= 0.3 is 0 Å². The Morgan fingerprint density at radius 3 is 2.09 bits per heavy atom. The lowest BCUT2D eigenvalue weighted by Gasteiger charge is -2.38. The highest BCUT2D eigenvalue weighted by atomic mass is 15.6. The summed E-state index contributed by atoms with van der Waals surface area (Å²) in [5.41, 5.74) is 5.50. The van der Waals surface area contributed by atoms with Crippen molar-refractivity contribution in [1.82, 2.24) is 5.01 Å². The minimum Gasteiger partial charge on any atom is -0.263 e. The molecule has 0 bridgehead atoms. The van der Waals surface area contributed by atoms with Crippen LogP contribution in [0.3, 0.4) is 0 Å². The van der Waals surface area contributed by atoms with Crippen molar-refractivity contribution in [2.75, 3.05) is 0 Å². The third-order valence-corrected chi connectivity index (χ3v) is 4.93. The Hall–Kier alpha value is -2.16. The monoisotopic (exact) mass is 305 g/mol. The molecule has 0 radical (unpaired) electrons. The number of rotatable bonds is 0. The molecule has 23 heavy (non-hydrogen) atoms. The molecule has 3 nitrogen and oxygen atoms in total. The van der Waals surface area contributed by atoms with E-state index in [9.17, 15) is 0 Å². The van der Waals surface area contributed by atoms with Crippen LogP contribution in [0.2, 0.25) is 0 Å². The zero-order valence-corrected chi connectivity index (χ0v) is 14.0. The molecule has 1 aliphatic carbocycles. The highest BCUT2D eigenvalue weighted by Crippen LogP contribution is 2.48. The molecule has 0 spiro atoms. The molecule has 2 unspecified atom stereocenters. The fourth-order valence-corrected chi connectivity index (χ4v) is 3.82. The summed E-state index contributed by atoms with van der Waals surface area (Å²) in [7, 11) is 0. The van der Waals surface area contributed by atoms with Gasteiger partial charge in [0, 0.05) is 0 Å². The molecule has 2 aromatic rings. The molecule has 0 N–H and O–H groups in total. The molecule has 4 rings (SSSR count). The van der Waals surface area contributed by atoms with Crippen LogP contribution >= 0.6 is 0 Å². The third kappa shape index (κ3) is 2.35. The van der Waals surface area contributed by atoms with Crippen molar-refractivity contribution in [3.8, 4) is 0 Å². The Morgan fingerprint density at radius 1 is 0.870 bits per heavy atom. The van der Waals surface area contributed by atoms with Gasteiger partial charge in [0.25, 0.3) is 0 Å². The van der Waals surface area contributed by atoms with Gasteiger partial charge in [0.1, 0.15) is 12.1 Å². The Bertz CT molecular complexity index is 757. The number of hydrogen-bond acceptors (Lipinski definition) is 3. The summed E-state index contributed by atoms with van der Waals surface area (Å²) in [4.78, 5) is 0. The largest absolute Gasteiger partial charge is 0.263 e. The first-order chi connectivity index (χ1) is 11.1. The van der Waals surface area contributed by atoms with Crippen molar-refractivity contribution >= 4 is 0 Å². The number of benzene rings is 2. The van der Waals surface area contributed by atoms with Crippen LogP contribution in [0.5, 0.6) is 0 Å². The van der Waals surface area contributed by atoms with Crippen LogP contribution in [-0.2, 0) is 12.8 Å². The van der Waals surface area contributed by atoms with Gasteiger partial charge in [0.2, 0.25) is 0 Å². The molecular weight excluding hydrogens is 282 g/mol. The van der Waals surface area contributed by atoms with E-state index in [-0.39, 0.29) is 17.6 Å². The fourth-order valence-electron chi connectivity index (χ4n) is 3.82. The molecule has 0 saturated carbocycles. The van der Waals surface area contributed by atoms with Gasteiger partial charge in [-0.1, -0.05) is 53.8 Å². The number of hydrogen-bond donors (Lipinski definition) is 0. The first-order valence-corrected chi connectivity index (χ1v) is 8.41. The second kappa shape index (κ2) is 5.19. The zero-order valence-electron chi connectivity index (χ0n) is 14.0. The summed E-state index contributed by atoms with van der Waals surface area (Å²) in [6.45, 7) is 6.63. The van der Waals surface area contributed by atoms with Gasteiger partial charge in [0.15, 0.2) is 0 Å². The lowest BCUT2D eigenvalue weighted by molar-refractivity contribution is 0.0964. The summed E-state index contributed by atoms with van der Waals surface area (Å²) >= 11 is 0. The van der Waals surface area contributed by atoms with Crippen molar-refractivity contribution in [3.05, 3.63) is 70.8 Å². The fraction of sp³-hybridized carbons (Fsp3) is 0.400. The van der Waals surface area contributed by atoms with Crippen molar-refractivity contribution in [2.45, 2.75) is 51.2 Å². The Balaban J connectivity index is 1.91. The van der Waals surface area contributed by atoms with E-state index in [2.05, 4.69) is 79.5 Å². The Morgan fingerprint density at radius 2 is 1.43 bits per heavy atom. The molecule has 3 heteroatoms. The van der Waals surface area contributed by atoms with Crippen LogP contribution in [0.1, 0.15) is 55.1 Å². The molecule has 0 aromatic heterocycles. The maximum absolute atomic E-state index is 4.70. The molecule has 1 heterocycles. The molecule has 2 aromatic carbocycles. The Kier molecular flexibility index (Phi) is 3.26. The second-order valence-electron chi connectivity index (χ2n) is 7.51. The van der Waals surface area contributed by atoms with E-state index in [1.54, 1.807) is 0 Å². The average molecular weight is 305 g/mol. The van der Waals surface area contributed by atoms with Gasteiger partial charge in [-0.25, -0.2) is 0 Å². The molecule has 0 amide bonds. The van der Waals surface area contributed by atoms with Crippen molar-refractivity contribution in [3.63, 3.8) is 0 Å². The first kappa shape index (κ1) is 14.4. The summed E-state index contributed by atoms with van der Waals surface area (Å²) < 4.78 is 0. The van der Waals surface area contributed by atoms with Gasteiger partial charge in [-0.05, 0) is 55.9 Å². The zero-order chi connectivity index (χ0) is 16.0. The smallest absolute Gasteiger partial charge is 0.124 e. The van der Waals surface area contributed by atoms with Crippen LogP contribution in [0.25, 0.3) is 0 Å². The van der Waals surface area contributed by atoms with Crippen LogP contribution in [0.15, 0.2) is 58.9 Å². The maximum atomic E-state index is 4.70. The van der Waals surface area contributed by atoms with Gasteiger partial charge in [0.05, 0.1) is 5.54 Å². The van der Waals surface area contributed by atoms with E-state index in [1.807, 2.05) is 0 Å². The van der Waals surface area contributed by atoms with Crippen LogP contribution < -0.4 is 0 Å². The third-order valence-electron chi connectivity index (χ3n) is 4.93. The molecule has 0 fully saturated rings.